The number of rotatable bonds is 15. The first-order valence-electron chi connectivity index (χ1n) is 28.9. The van der Waals surface area contributed by atoms with E-state index in [1.807, 2.05) is 92.8 Å². The van der Waals surface area contributed by atoms with Gasteiger partial charge in [0.2, 0.25) is 23.8 Å². The Balaban J connectivity index is 0.000000179. The number of nitrogens with zero attached hydrogens (tertiary/aromatic N) is 16. The Morgan fingerprint density at radius 1 is 0.467 bits per heavy atom. The van der Waals surface area contributed by atoms with Gasteiger partial charge in [0.1, 0.15) is 30.1 Å². The summed E-state index contributed by atoms with van der Waals surface area (Å²) in [4.78, 5) is 90.3. The Kier molecular flexibility index (Phi) is 22.4. The Morgan fingerprint density at radius 3 is 1.26 bits per heavy atom. The number of aromatic nitrogens is 19. The molecular weight excluding hydrogens is 1160 g/mol. The maximum absolute atomic E-state index is 11.9. The lowest BCUT2D eigenvalue weighted by atomic mass is 10.1. The lowest BCUT2D eigenvalue weighted by Crippen LogP contribution is -2.34. The van der Waals surface area contributed by atoms with E-state index in [9.17, 15) is 14.4 Å². The highest BCUT2D eigenvalue weighted by atomic mass is 16.5. The van der Waals surface area contributed by atoms with Crippen molar-refractivity contribution in [3.63, 3.8) is 0 Å². The zero-order valence-corrected chi connectivity index (χ0v) is 54.1. The van der Waals surface area contributed by atoms with Crippen molar-refractivity contribution in [1.29, 1.82) is 0 Å². The van der Waals surface area contributed by atoms with Crippen molar-refractivity contribution in [2.24, 2.45) is 28.7 Å². The number of nitrogens with one attached hydrogen (secondary N) is 7. The molecule has 90 heavy (non-hydrogen) atoms. The molecule has 0 radical (unpaired) electrons. The number of fused-ring (bicyclic) bond motifs is 5. The average molecular weight is 1250 g/mol. The highest BCUT2D eigenvalue weighted by molar-refractivity contribution is 5.84. The number of hydrogen-bond donors (Lipinski definition) is 14. The molecule has 35 heteroatoms. The predicted octanol–water partition coefficient (Wildman–Crippen LogP) is 2.71. The third-order valence-corrected chi connectivity index (χ3v) is 12.9. The molecule has 0 fully saturated rings. The molecule has 0 bridgehead atoms. The van der Waals surface area contributed by atoms with Gasteiger partial charge in [0.25, 0.3) is 11.1 Å². The van der Waals surface area contributed by atoms with Crippen molar-refractivity contribution >= 4 is 91.1 Å². The fraction of sp³-hybridized carbons (Fsp3) is 0.527. The summed E-state index contributed by atoms with van der Waals surface area (Å²) in [6.45, 7) is 32.3. The molecule has 10 heterocycles. The topological polar surface area (TPSA) is 514 Å². The number of ether oxygens (including phenoxy) is 2. The molecule has 21 N–H and O–H groups in total. The van der Waals surface area contributed by atoms with Gasteiger partial charge >= 0.3 is 5.69 Å². The van der Waals surface area contributed by atoms with E-state index in [2.05, 4.69) is 133 Å². The fourth-order valence-corrected chi connectivity index (χ4v) is 8.45. The summed E-state index contributed by atoms with van der Waals surface area (Å²) in [5, 5.41) is 12.3. The molecule has 0 saturated carbocycles. The number of anilines is 6. The van der Waals surface area contributed by atoms with Crippen LogP contribution in [0.4, 0.5) is 35.4 Å². The van der Waals surface area contributed by atoms with Crippen LogP contribution in [0.3, 0.4) is 0 Å². The first kappa shape index (κ1) is 69.8. The summed E-state index contributed by atoms with van der Waals surface area (Å²) < 4.78 is 19.2. The van der Waals surface area contributed by atoms with Gasteiger partial charge in [-0.1, -0.05) is 0 Å². The van der Waals surface area contributed by atoms with E-state index in [-0.39, 0.29) is 84.8 Å². The Morgan fingerprint density at radius 2 is 0.856 bits per heavy atom. The molecule has 10 aromatic heterocycles. The number of imidazole rings is 4. The summed E-state index contributed by atoms with van der Waals surface area (Å²) in [7, 11) is 0. The summed E-state index contributed by atoms with van der Waals surface area (Å²) in [5.74, 6) is 2.19. The normalized spacial score (nSPS) is 12.0. The van der Waals surface area contributed by atoms with Crippen LogP contribution in [0.1, 0.15) is 116 Å². The van der Waals surface area contributed by atoms with E-state index in [0.29, 0.717) is 92.3 Å². The molecule has 35 nitrogen and oxygen atoms in total. The Labute approximate surface area is 518 Å². The third kappa shape index (κ3) is 17.5. The van der Waals surface area contributed by atoms with Crippen LogP contribution in [-0.4, -0.2) is 139 Å². The van der Waals surface area contributed by atoms with Crippen molar-refractivity contribution < 1.29 is 9.47 Å². The summed E-state index contributed by atoms with van der Waals surface area (Å²) in [6, 6.07) is 2.04. The van der Waals surface area contributed by atoms with Gasteiger partial charge in [0.15, 0.2) is 45.3 Å². The molecule has 10 aromatic rings. The zero-order chi connectivity index (χ0) is 66.7. The van der Waals surface area contributed by atoms with Crippen molar-refractivity contribution in [3.05, 3.63) is 74.5 Å². The van der Waals surface area contributed by atoms with Crippen LogP contribution in [0.5, 0.6) is 0 Å². The second-order valence-corrected chi connectivity index (χ2v) is 25.2. The first-order chi connectivity index (χ1) is 42.1. The van der Waals surface area contributed by atoms with Crippen LogP contribution in [0.25, 0.3) is 55.7 Å². The van der Waals surface area contributed by atoms with Gasteiger partial charge in [-0.25, -0.2) is 24.7 Å². The third-order valence-electron chi connectivity index (χ3n) is 12.9. The van der Waals surface area contributed by atoms with Crippen LogP contribution in [0.2, 0.25) is 0 Å². The summed E-state index contributed by atoms with van der Waals surface area (Å²) in [5.41, 5.74) is 42.8. The highest BCUT2D eigenvalue weighted by Gasteiger charge is 2.24. The summed E-state index contributed by atoms with van der Waals surface area (Å²) >= 11 is 0. The zero-order valence-electron chi connectivity index (χ0n) is 54.1. The second-order valence-electron chi connectivity index (χ2n) is 25.2. The van der Waals surface area contributed by atoms with Gasteiger partial charge in [-0.3, -0.25) is 24.1 Å². The van der Waals surface area contributed by atoms with Crippen molar-refractivity contribution in [2.45, 2.75) is 144 Å². The van der Waals surface area contributed by atoms with Crippen LogP contribution in [0, 0.1) is 0 Å². The molecule has 0 aliphatic rings. The Bertz CT molecular complexity index is 4170. The minimum atomic E-state index is -0.289. The minimum absolute atomic E-state index is 0.0966. The molecule has 0 atom stereocenters. The number of aromatic amines is 3. The van der Waals surface area contributed by atoms with Crippen molar-refractivity contribution in [3.8, 4) is 0 Å². The van der Waals surface area contributed by atoms with Gasteiger partial charge in [-0.05, 0) is 129 Å². The predicted molar refractivity (Wildman–Crippen MR) is 351 cm³/mol. The standard InChI is InChI=1S/C13H20N4O.C11H19N7O.C11H18N6O2.C10H17N7.C10H16N6O/c1-13(2,3)17-8-9-7-10(5-4-6-14)15-11(9)16-12(17)18;1-11(2,3)18-5-14-7-8(13)16-10(17-9(7)18)15-6-19-4-12;1-11(2,3)17-5-13-7-8(17)15-10(16-9(7)18)14-6-19-4-12;1-10(2,3)17-5-14-6-7(12)15-9(13-4-11)16-8(6)17;1-10(2,3)16-5-13-6-7(16)14-9(12-4-11)15-8(6)17/h7-8H,4-6,14H2,1-3H3,(H,15,16,18);5H,4,6,12H2,1-3H3,(H3,13,15,16,17);5H,4,6,12H2,1-3H3,(H2,14,15,16,18);5H,4,11H2,1-3H3,(H3,12,13,15,16);5H,4,11H2,1-3H3,(H2,12,14,15,17). The van der Waals surface area contributed by atoms with E-state index in [0.717, 1.165) is 23.9 Å². The maximum atomic E-state index is 11.9. The molecule has 0 aromatic carbocycles. The smallest absolute Gasteiger partial charge is 0.350 e. The average Bonchev–Trinajstić information content (AvgIpc) is 1.71. The molecule has 0 aliphatic carbocycles. The van der Waals surface area contributed by atoms with Crippen LogP contribution in [0.15, 0.2) is 52.0 Å². The molecular formula is C55H90N30O5. The minimum Gasteiger partial charge on any atom is -0.382 e. The maximum Gasteiger partial charge on any atom is 0.350 e. The molecule has 0 saturated heterocycles. The number of nitrogens with two attached hydrogens (primary N) is 7. The highest BCUT2D eigenvalue weighted by Crippen LogP contribution is 2.27. The number of aryl methyl sites for hydroxylation is 1. The largest absolute Gasteiger partial charge is 0.382 e. The Hall–Kier alpha value is -9.26. The second kappa shape index (κ2) is 28.9. The molecule has 0 aliphatic heterocycles. The van der Waals surface area contributed by atoms with Crippen molar-refractivity contribution in [2.75, 3.05) is 79.5 Å². The van der Waals surface area contributed by atoms with E-state index in [4.69, 9.17) is 49.6 Å². The van der Waals surface area contributed by atoms with Gasteiger partial charge in [0.05, 0.1) is 52.1 Å². The number of hydrogen-bond acceptors (Lipinski definition) is 27. The first-order valence-corrected chi connectivity index (χ1v) is 28.9. The molecule has 0 unspecified atom stereocenters. The SMILES string of the molecule is CC(C)(C)n1cc2cc(CCCN)[nH]c2nc1=O.CC(C)(C)n1cnc2c(=O)[nH]c(NCN)nc21.CC(C)(C)n1cnc2c(=O)[nH]c(NCOCN)nc21.CC(C)(C)n1cnc2c(N)nc(NCN)nc21.CC(C)(C)n1cnc2c(N)nc(NCOCN)nc21. The molecule has 0 amide bonds. The number of H-pyrrole nitrogens is 3. The van der Waals surface area contributed by atoms with Gasteiger partial charge in [-0.2, -0.15) is 34.9 Å². The lowest BCUT2D eigenvalue weighted by molar-refractivity contribution is 0.159. The van der Waals surface area contributed by atoms with E-state index < -0.39 is 0 Å². The fourth-order valence-electron chi connectivity index (χ4n) is 8.45. The number of nitrogen functional groups attached to an aromatic ring is 2. The summed E-state index contributed by atoms with van der Waals surface area (Å²) in [6.07, 6.45) is 10.4. The monoisotopic (exact) mass is 1250 g/mol. The van der Waals surface area contributed by atoms with Crippen LogP contribution < -0.4 is 78.2 Å². The van der Waals surface area contributed by atoms with E-state index >= 15 is 0 Å². The van der Waals surface area contributed by atoms with Crippen LogP contribution in [-0.2, 0) is 43.6 Å². The lowest BCUT2D eigenvalue weighted by Gasteiger charge is -2.21. The molecule has 10 rings (SSSR count). The quantitative estimate of drug-likeness (QED) is 0.0518. The molecule has 0 spiro atoms. The van der Waals surface area contributed by atoms with Crippen LogP contribution >= 0.6 is 0 Å². The van der Waals surface area contributed by atoms with Gasteiger partial charge < -0.3 is 94.1 Å². The van der Waals surface area contributed by atoms with E-state index in [1.165, 1.54) is 0 Å². The van der Waals surface area contributed by atoms with Gasteiger partial charge in [0, 0.05) is 45.0 Å². The van der Waals surface area contributed by atoms with Crippen molar-refractivity contribution in [1.82, 2.24) is 92.6 Å². The molecule has 490 valence electrons. The van der Waals surface area contributed by atoms with E-state index in [1.54, 1.807) is 29.9 Å². The van der Waals surface area contributed by atoms with Gasteiger partial charge in [-0.15, -0.1) is 0 Å².